The number of carboxylic acid groups (broad SMARTS) is 1. The Kier molecular flexibility index (Phi) is 3.57. The zero-order chi connectivity index (χ0) is 11.4. The lowest BCUT2D eigenvalue weighted by Gasteiger charge is -2.29. The van der Waals surface area contributed by atoms with Crippen molar-refractivity contribution < 1.29 is 9.90 Å². The maximum Gasteiger partial charge on any atom is 0.304 e. The minimum Gasteiger partial charge on any atom is -0.481 e. The van der Waals surface area contributed by atoms with E-state index in [1.165, 1.54) is 5.56 Å². The quantitative estimate of drug-likeness (QED) is 0.817. The van der Waals surface area contributed by atoms with Crippen molar-refractivity contribution in [2.45, 2.75) is 31.2 Å². The van der Waals surface area contributed by atoms with E-state index in [2.05, 4.69) is 17.4 Å². The summed E-state index contributed by atoms with van der Waals surface area (Å²) in [5.41, 5.74) is 1.33. The highest BCUT2D eigenvalue weighted by Gasteiger charge is 2.23. The van der Waals surface area contributed by atoms with Crippen LogP contribution in [0.1, 0.15) is 30.7 Å². The van der Waals surface area contributed by atoms with Gasteiger partial charge in [-0.05, 0) is 30.9 Å². The average molecular weight is 219 g/mol. The van der Waals surface area contributed by atoms with Gasteiger partial charge in [-0.15, -0.1) is 0 Å². The van der Waals surface area contributed by atoms with Gasteiger partial charge in [-0.25, -0.2) is 0 Å². The van der Waals surface area contributed by atoms with Gasteiger partial charge in [-0.1, -0.05) is 30.3 Å². The number of piperidine rings is 1. The Morgan fingerprint density at radius 2 is 2.12 bits per heavy atom. The van der Waals surface area contributed by atoms with E-state index >= 15 is 0 Å². The first-order valence-corrected chi connectivity index (χ1v) is 5.76. The second-order valence-electron chi connectivity index (χ2n) is 4.38. The first kappa shape index (κ1) is 11.1. The molecule has 2 unspecified atom stereocenters. The molecule has 1 saturated heterocycles. The van der Waals surface area contributed by atoms with Crippen LogP contribution in [0.5, 0.6) is 0 Å². The van der Waals surface area contributed by atoms with Gasteiger partial charge in [-0.2, -0.15) is 0 Å². The molecule has 0 amide bonds. The molecule has 0 radical (unpaired) electrons. The number of aliphatic carboxylic acids is 1. The summed E-state index contributed by atoms with van der Waals surface area (Å²) in [6.45, 7) is 0.914. The van der Waals surface area contributed by atoms with E-state index in [0.717, 1.165) is 19.4 Å². The topological polar surface area (TPSA) is 49.3 Å². The summed E-state index contributed by atoms with van der Waals surface area (Å²) in [5, 5.41) is 12.1. The molecule has 1 heterocycles. The van der Waals surface area contributed by atoms with Crippen LogP contribution in [0.4, 0.5) is 0 Å². The van der Waals surface area contributed by atoms with Gasteiger partial charge in [0.25, 0.3) is 0 Å². The Morgan fingerprint density at radius 1 is 1.38 bits per heavy atom. The second-order valence-corrected chi connectivity index (χ2v) is 4.38. The SMILES string of the molecule is O=C(O)CC1CC(c2ccccc2)CCN1. The average Bonchev–Trinajstić information content (AvgIpc) is 2.30. The molecule has 1 aromatic carbocycles. The molecule has 1 fully saturated rings. The minimum absolute atomic E-state index is 0.122. The fourth-order valence-corrected chi connectivity index (χ4v) is 2.40. The van der Waals surface area contributed by atoms with Crippen molar-refractivity contribution in [1.29, 1.82) is 0 Å². The van der Waals surface area contributed by atoms with E-state index in [1.54, 1.807) is 0 Å². The van der Waals surface area contributed by atoms with Crippen LogP contribution in [0, 0.1) is 0 Å². The fraction of sp³-hybridized carbons (Fsp3) is 0.462. The summed E-state index contributed by atoms with van der Waals surface area (Å²) in [6, 6.07) is 10.5. The van der Waals surface area contributed by atoms with Crippen molar-refractivity contribution in [1.82, 2.24) is 5.32 Å². The van der Waals surface area contributed by atoms with E-state index in [0.29, 0.717) is 5.92 Å². The van der Waals surface area contributed by atoms with Crippen molar-refractivity contribution in [2.24, 2.45) is 0 Å². The van der Waals surface area contributed by atoms with Crippen LogP contribution in [0.2, 0.25) is 0 Å². The molecule has 0 spiro atoms. The second kappa shape index (κ2) is 5.12. The van der Waals surface area contributed by atoms with Gasteiger partial charge < -0.3 is 10.4 Å². The predicted octanol–water partition coefficient (Wildman–Crippen LogP) is 2.00. The zero-order valence-electron chi connectivity index (χ0n) is 9.23. The standard InChI is InChI=1S/C13H17NO2/c15-13(16)9-12-8-11(6-7-14-12)10-4-2-1-3-5-10/h1-5,11-12,14H,6-9H2,(H,15,16). The summed E-state index contributed by atoms with van der Waals surface area (Å²) < 4.78 is 0. The van der Waals surface area contributed by atoms with E-state index in [-0.39, 0.29) is 12.5 Å². The molecule has 1 aliphatic heterocycles. The summed E-state index contributed by atoms with van der Waals surface area (Å²) in [7, 11) is 0. The van der Waals surface area contributed by atoms with Gasteiger partial charge in [0.1, 0.15) is 0 Å². The van der Waals surface area contributed by atoms with Gasteiger partial charge in [0.15, 0.2) is 0 Å². The Morgan fingerprint density at radius 3 is 2.81 bits per heavy atom. The number of hydrogen-bond donors (Lipinski definition) is 2. The zero-order valence-corrected chi connectivity index (χ0v) is 9.23. The van der Waals surface area contributed by atoms with Crippen LogP contribution >= 0.6 is 0 Å². The molecule has 0 bridgehead atoms. The summed E-state index contributed by atoms with van der Waals surface area (Å²) in [6.07, 6.45) is 2.25. The van der Waals surface area contributed by atoms with Crippen molar-refractivity contribution in [3.8, 4) is 0 Å². The van der Waals surface area contributed by atoms with Crippen LogP contribution in [0.25, 0.3) is 0 Å². The fourth-order valence-electron chi connectivity index (χ4n) is 2.40. The first-order valence-electron chi connectivity index (χ1n) is 5.76. The predicted molar refractivity (Wildman–Crippen MR) is 62.5 cm³/mol. The Bertz CT molecular complexity index is 350. The third-order valence-electron chi connectivity index (χ3n) is 3.19. The number of carbonyl (C=O) groups is 1. The molecule has 16 heavy (non-hydrogen) atoms. The summed E-state index contributed by atoms with van der Waals surface area (Å²) >= 11 is 0. The monoisotopic (exact) mass is 219 g/mol. The maximum atomic E-state index is 10.7. The Balaban J connectivity index is 1.99. The van der Waals surface area contributed by atoms with Crippen molar-refractivity contribution in [2.75, 3.05) is 6.54 Å². The molecule has 2 atom stereocenters. The molecule has 0 aromatic heterocycles. The van der Waals surface area contributed by atoms with Crippen LogP contribution in [-0.2, 0) is 4.79 Å². The normalized spacial score (nSPS) is 25.2. The largest absolute Gasteiger partial charge is 0.481 e. The van der Waals surface area contributed by atoms with Gasteiger partial charge in [0.2, 0.25) is 0 Å². The van der Waals surface area contributed by atoms with E-state index < -0.39 is 5.97 Å². The Labute approximate surface area is 95.5 Å². The highest BCUT2D eigenvalue weighted by Crippen LogP contribution is 2.28. The maximum absolute atomic E-state index is 10.7. The molecule has 86 valence electrons. The molecule has 1 aliphatic rings. The highest BCUT2D eigenvalue weighted by molar-refractivity contribution is 5.67. The van der Waals surface area contributed by atoms with Gasteiger partial charge in [-0.3, -0.25) is 4.79 Å². The van der Waals surface area contributed by atoms with Crippen LogP contribution in [0.15, 0.2) is 30.3 Å². The molecule has 2 rings (SSSR count). The summed E-state index contributed by atoms with van der Waals surface area (Å²) in [4.78, 5) is 10.7. The molecule has 3 nitrogen and oxygen atoms in total. The molecule has 3 heteroatoms. The molecule has 2 N–H and O–H groups in total. The van der Waals surface area contributed by atoms with Crippen LogP contribution in [0.3, 0.4) is 0 Å². The molecule has 0 aliphatic carbocycles. The van der Waals surface area contributed by atoms with Gasteiger partial charge in [0.05, 0.1) is 6.42 Å². The van der Waals surface area contributed by atoms with E-state index in [1.807, 2.05) is 18.2 Å². The number of hydrogen-bond acceptors (Lipinski definition) is 2. The lowest BCUT2D eigenvalue weighted by molar-refractivity contribution is -0.137. The Hall–Kier alpha value is -1.35. The number of nitrogens with one attached hydrogen (secondary N) is 1. The third kappa shape index (κ3) is 2.83. The number of benzene rings is 1. The lowest BCUT2D eigenvalue weighted by atomic mass is 9.85. The van der Waals surface area contributed by atoms with Crippen LogP contribution < -0.4 is 5.32 Å². The summed E-state index contributed by atoms with van der Waals surface area (Å²) in [5.74, 6) is -0.210. The van der Waals surface area contributed by atoms with Crippen molar-refractivity contribution in [3.63, 3.8) is 0 Å². The minimum atomic E-state index is -0.716. The van der Waals surface area contributed by atoms with Gasteiger partial charge in [0, 0.05) is 6.04 Å². The third-order valence-corrected chi connectivity index (χ3v) is 3.19. The van der Waals surface area contributed by atoms with Crippen LogP contribution in [-0.4, -0.2) is 23.7 Å². The van der Waals surface area contributed by atoms with E-state index in [4.69, 9.17) is 5.11 Å². The highest BCUT2D eigenvalue weighted by atomic mass is 16.4. The molecular weight excluding hydrogens is 202 g/mol. The molecule has 1 aromatic rings. The molecular formula is C13H17NO2. The van der Waals surface area contributed by atoms with Gasteiger partial charge >= 0.3 is 5.97 Å². The van der Waals surface area contributed by atoms with Crippen molar-refractivity contribution in [3.05, 3.63) is 35.9 Å². The molecule has 0 saturated carbocycles. The van der Waals surface area contributed by atoms with E-state index in [9.17, 15) is 4.79 Å². The smallest absolute Gasteiger partial charge is 0.304 e. The first-order chi connectivity index (χ1) is 7.75. The number of rotatable bonds is 3. The lowest BCUT2D eigenvalue weighted by Crippen LogP contribution is -2.38. The van der Waals surface area contributed by atoms with Crippen molar-refractivity contribution >= 4 is 5.97 Å². The number of carboxylic acids is 1.